The van der Waals surface area contributed by atoms with Crippen LogP contribution in [0.1, 0.15) is 58.8 Å². The lowest BCUT2D eigenvalue weighted by molar-refractivity contribution is -0.118. The lowest BCUT2D eigenvalue weighted by Gasteiger charge is -2.54. The molecule has 0 aromatic carbocycles. The molecule has 0 bridgehead atoms. The number of allylic oxidation sites excluding steroid dienone is 1. The summed E-state index contributed by atoms with van der Waals surface area (Å²) < 4.78 is 14.7. The Morgan fingerprint density at radius 3 is 2.78 bits per heavy atom. The standard InChI is InChI=1S/C20H29FO2/c1-11(22)16-5-6-17-14-4-3-12-9-13(23)10-18(21)19(12)15(14)7-8-20(16,17)2/h9,11,14-19,22H,3-8,10H2,1-2H3/t11?,14-,15+,16-,17+,18?,19+,20-/m1/s1. The Kier molecular flexibility index (Phi) is 3.71. The molecule has 0 aromatic heterocycles. The molecule has 2 nitrogen and oxygen atoms in total. The highest BCUT2D eigenvalue weighted by Crippen LogP contribution is 2.64. The third kappa shape index (κ3) is 2.26. The van der Waals surface area contributed by atoms with Gasteiger partial charge in [0, 0.05) is 12.3 Å². The summed E-state index contributed by atoms with van der Waals surface area (Å²) in [6.45, 7) is 4.32. The van der Waals surface area contributed by atoms with Crippen LogP contribution in [0.5, 0.6) is 0 Å². The van der Waals surface area contributed by atoms with Crippen LogP contribution in [-0.4, -0.2) is 23.2 Å². The zero-order chi connectivity index (χ0) is 16.4. The number of alkyl halides is 1. The minimum Gasteiger partial charge on any atom is -0.393 e. The SMILES string of the molecule is CC(O)[C@H]1CC[C@H]2[C@@H]3CCC4=CC(=O)CC(F)[C@@H]4[C@H]3CC[C@]12C. The van der Waals surface area contributed by atoms with Gasteiger partial charge in [0.1, 0.15) is 6.17 Å². The maximum atomic E-state index is 14.7. The van der Waals surface area contributed by atoms with E-state index in [0.29, 0.717) is 23.7 Å². The summed E-state index contributed by atoms with van der Waals surface area (Å²) >= 11 is 0. The Bertz CT molecular complexity index is 540. The Balaban J connectivity index is 1.63. The summed E-state index contributed by atoms with van der Waals surface area (Å²) in [5.74, 6) is 2.03. The molecule has 0 saturated heterocycles. The van der Waals surface area contributed by atoms with Gasteiger partial charge < -0.3 is 5.11 Å². The van der Waals surface area contributed by atoms with E-state index in [9.17, 15) is 14.3 Å². The van der Waals surface area contributed by atoms with Crippen LogP contribution in [0.15, 0.2) is 11.6 Å². The Labute approximate surface area is 138 Å². The minimum atomic E-state index is -0.964. The van der Waals surface area contributed by atoms with Crippen molar-refractivity contribution < 1.29 is 14.3 Å². The van der Waals surface area contributed by atoms with Crippen LogP contribution >= 0.6 is 0 Å². The minimum absolute atomic E-state index is 0.00148. The summed E-state index contributed by atoms with van der Waals surface area (Å²) in [5.41, 5.74) is 1.33. The van der Waals surface area contributed by atoms with Crippen LogP contribution in [0.25, 0.3) is 0 Å². The highest BCUT2D eigenvalue weighted by molar-refractivity contribution is 5.92. The van der Waals surface area contributed by atoms with Gasteiger partial charge in [0.05, 0.1) is 6.10 Å². The van der Waals surface area contributed by atoms with E-state index < -0.39 is 6.17 Å². The van der Waals surface area contributed by atoms with Gasteiger partial charge in [-0.05, 0) is 80.6 Å². The predicted octanol–water partition coefficient (Wildman–Crippen LogP) is 4.07. The average molecular weight is 320 g/mol. The second-order valence-corrected chi connectivity index (χ2v) is 8.87. The fraction of sp³-hybridized carbons (Fsp3) is 0.850. The number of carbonyl (C=O) groups is 1. The average Bonchev–Trinajstić information content (AvgIpc) is 2.83. The molecule has 1 N–H and O–H groups in total. The lowest BCUT2D eigenvalue weighted by atomic mass is 9.51. The van der Waals surface area contributed by atoms with Crippen molar-refractivity contribution in [3.05, 3.63) is 11.6 Å². The molecular formula is C20H29FO2. The summed E-state index contributed by atoms with van der Waals surface area (Å²) in [6.07, 6.45) is 7.16. The monoisotopic (exact) mass is 320 g/mol. The van der Waals surface area contributed by atoms with Crippen LogP contribution in [-0.2, 0) is 4.79 Å². The fourth-order valence-corrected chi connectivity index (χ4v) is 7.04. The molecule has 4 rings (SSSR count). The van der Waals surface area contributed by atoms with Crippen molar-refractivity contribution in [1.82, 2.24) is 0 Å². The first-order valence-corrected chi connectivity index (χ1v) is 9.47. The number of rotatable bonds is 1. The van der Waals surface area contributed by atoms with Crippen LogP contribution in [0, 0.1) is 35.0 Å². The largest absolute Gasteiger partial charge is 0.393 e. The number of aliphatic hydroxyl groups is 1. The molecule has 23 heavy (non-hydrogen) atoms. The molecule has 128 valence electrons. The molecule has 3 heteroatoms. The first-order chi connectivity index (χ1) is 10.9. The van der Waals surface area contributed by atoms with Gasteiger partial charge in [0.2, 0.25) is 0 Å². The molecular weight excluding hydrogens is 291 g/mol. The number of halogens is 1. The van der Waals surface area contributed by atoms with E-state index >= 15 is 0 Å². The summed E-state index contributed by atoms with van der Waals surface area (Å²) in [4.78, 5) is 11.7. The van der Waals surface area contributed by atoms with Crippen molar-refractivity contribution in [2.24, 2.45) is 35.0 Å². The smallest absolute Gasteiger partial charge is 0.158 e. The van der Waals surface area contributed by atoms with Crippen molar-refractivity contribution in [2.75, 3.05) is 0 Å². The molecule has 0 spiro atoms. The van der Waals surface area contributed by atoms with Gasteiger partial charge in [-0.2, -0.15) is 0 Å². The van der Waals surface area contributed by atoms with Crippen LogP contribution < -0.4 is 0 Å². The first kappa shape index (κ1) is 15.8. The molecule has 4 aliphatic carbocycles. The van der Waals surface area contributed by atoms with Gasteiger partial charge in [-0.3, -0.25) is 4.79 Å². The quantitative estimate of drug-likeness (QED) is 0.790. The maximum absolute atomic E-state index is 14.7. The molecule has 3 saturated carbocycles. The highest BCUT2D eigenvalue weighted by atomic mass is 19.1. The van der Waals surface area contributed by atoms with E-state index in [0.717, 1.165) is 37.7 Å². The van der Waals surface area contributed by atoms with Crippen molar-refractivity contribution in [1.29, 1.82) is 0 Å². The second-order valence-electron chi connectivity index (χ2n) is 8.87. The molecule has 8 atom stereocenters. The Hall–Kier alpha value is -0.700. The zero-order valence-corrected chi connectivity index (χ0v) is 14.3. The van der Waals surface area contributed by atoms with Crippen LogP contribution in [0.3, 0.4) is 0 Å². The fourth-order valence-electron chi connectivity index (χ4n) is 7.04. The molecule has 0 amide bonds. The number of ketones is 1. The molecule has 2 unspecified atom stereocenters. The molecule has 4 aliphatic rings. The summed E-state index contributed by atoms with van der Waals surface area (Å²) in [7, 11) is 0. The number of hydrogen-bond donors (Lipinski definition) is 1. The van der Waals surface area contributed by atoms with Crippen molar-refractivity contribution in [3.8, 4) is 0 Å². The Morgan fingerprint density at radius 2 is 2.04 bits per heavy atom. The van der Waals surface area contributed by atoms with Gasteiger partial charge in [-0.1, -0.05) is 12.5 Å². The van der Waals surface area contributed by atoms with E-state index in [1.54, 1.807) is 6.08 Å². The Morgan fingerprint density at radius 1 is 1.26 bits per heavy atom. The predicted molar refractivity (Wildman–Crippen MR) is 87.5 cm³/mol. The number of hydrogen-bond acceptors (Lipinski definition) is 2. The summed E-state index contributed by atoms with van der Waals surface area (Å²) in [6, 6.07) is 0. The molecule has 3 fully saturated rings. The number of carbonyl (C=O) groups excluding carboxylic acids is 1. The van der Waals surface area contributed by atoms with E-state index in [1.165, 1.54) is 6.42 Å². The van der Waals surface area contributed by atoms with Crippen LogP contribution in [0.2, 0.25) is 0 Å². The van der Waals surface area contributed by atoms with Crippen molar-refractivity contribution >= 4 is 5.78 Å². The van der Waals surface area contributed by atoms with Crippen molar-refractivity contribution in [3.63, 3.8) is 0 Å². The van der Waals surface area contributed by atoms with Gasteiger partial charge in [-0.25, -0.2) is 4.39 Å². The third-order valence-corrected chi connectivity index (χ3v) is 7.94. The zero-order valence-electron chi connectivity index (χ0n) is 14.3. The maximum Gasteiger partial charge on any atom is 0.158 e. The first-order valence-electron chi connectivity index (χ1n) is 9.47. The molecule has 0 radical (unpaired) electrons. The third-order valence-electron chi connectivity index (χ3n) is 7.94. The van der Waals surface area contributed by atoms with Gasteiger partial charge in [0.25, 0.3) is 0 Å². The normalized spacial score (nSPS) is 50.6. The van der Waals surface area contributed by atoms with E-state index in [2.05, 4.69) is 6.92 Å². The topological polar surface area (TPSA) is 37.3 Å². The van der Waals surface area contributed by atoms with Crippen LogP contribution in [0.4, 0.5) is 4.39 Å². The van der Waals surface area contributed by atoms with Crippen molar-refractivity contribution in [2.45, 2.75) is 71.1 Å². The number of fused-ring (bicyclic) bond motifs is 5. The van der Waals surface area contributed by atoms with E-state index in [-0.39, 0.29) is 29.6 Å². The number of aliphatic hydroxyl groups excluding tert-OH is 1. The molecule has 0 aromatic rings. The van der Waals surface area contributed by atoms with Gasteiger partial charge in [0.15, 0.2) is 5.78 Å². The van der Waals surface area contributed by atoms with Gasteiger partial charge >= 0.3 is 0 Å². The molecule has 0 heterocycles. The summed E-state index contributed by atoms with van der Waals surface area (Å²) in [5, 5.41) is 10.2. The highest BCUT2D eigenvalue weighted by Gasteiger charge is 2.58. The lowest BCUT2D eigenvalue weighted by Crippen LogP contribution is -2.49. The van der Waals surface area contributed by atoms with Gasteiger partial charge in [-0.15, -0.1) is 0 Å². The van der Waals surface area contributed by atoms with E-state index in [4.69, 9.17) is 0 Å². The van der Waals surface area contributed by atoms with E-state index in [1.807, 2.05) is 6.92 Å². The molecule has 0 aliphatic heterocycles. The second kappa shape index (κ2) is 5.40.